The summed E-state index contributed by atoms with van der Waals surface area (Å²) in [4.78, 5) is 25.1. The SMILES string of the molecule is CN(C(=O)c1ccnc(NCCN2CCOCC2)n1)c1ccccc1. The van der Waals surface area contributed by atoms with Crippen LogP contribution in [0.4, 0.5) is 11.6 Å². The number of para-hydroxylation sites is 1. The molecule has 25 heavy (non-hydrogen) atoms. The Balaban J connectivity index is 1.58. The van der Waals surface area contributed by atoms with E-state index in [1.807, 2.05) is 30.3 Å². The number of carbonyl (C=O) groups excluding carboxylic acids is 1. The third-order valence-electron chi connectivity index (χ3n) is 4.14. The molecule has 1 saturated heterocycles. The molecule has 0 bridgehead atoms. The Morgan fingerprint density at radius 1 is 1.24 bits per heavy atom. The minimum absolute atomic E-state index is 0.162. The van der Waals surface area contributed by atoms with Gasteiger partial charge in [-0.25, -0.2) is 9.97 Å². The van der Waals surface area contributed by atoms with Crippen LogP contribution in [0.5, 0.6) is 0 Å². The van der Waals surface area contributed by atoms with Crippen LogP contribution in [-0.4, -0.2) is 67.2 Å². The maximum atomic E-state index is 12.6. The van der Waals surface area contributed by atoms with Crippen LogP contribution in [0.3, 0.4) is 0 Å². The molecule has 1 aromatic heterocycles. The van der Waals surface area contributed by atoms with Gasteiger partial charge in [0, 0.05) is 45.1 Å². The van der Waals surface area contributed by atoms with E-state index in [1.165, 1.54) is 0 Å². The van der Waals surface area contributed by atoms with E-state index in [0.29, 0.717) is 11.6 Å². The highest BCUT2D eigenvalue weighted by molar-refractivity contribution is 6.04. The van der Waals surface area contributed by atoms with Gasteiger partial charge in [-0.1, -0.05) is 18.2 Å². The van der Waals surface area contributed by atoms with E-state index in [4.69, 9.17) is 4.74 Å². The van der Waals surface area contributed by atoms with Gasteiger partial charge in [0.2, 0.25) is 5.95 Å². The van der Waals surface area contributed by atoms with E-state index in [9.17, 15) is 4.79 Å². The molecule has 0 unspecified atom stereocenters. The van der Waals surface area contributed by atoms with Gasteiger partial charge in [-0.2, -0.15) is 0 Å². The predicted molar refractivity (Wildman–Crippen MR) is 97.0 cm³/mol. The van der Waals surface area contributed by atoms with Crippen molar-refractivity contribution < 1.29 is 9.53 Å². The molecular formula is C18H23N5O2. The molecule has 2 aromatic rings. The maximum Gasteiger partial charge on any atom is 0.276 e. The molecule has 7 heteroatoms. The van der Waals surface area contributed by atoms with Gasteiger partial charge in [-0.3, -0.25) is 9.69 Å². The van der Waals surface area contributed by atoms with Crippen LogP contribution in [-0.2, 0) is 4.74 Å². The Bertz CT molecular complexity index is 689. The fraction of sp³-hybridized carbons (Fsp3) is 0.389. The van der Waals surface area contributed by atoms with Gasteiger partial charge < -0.3 is 15.0 Å². The fourth-order valence-corrected chi connectivity index (χ4v) is 2.65. The molecule has 0 atom stereocenters. The average molecular weight is 341 g/mol. The number of aromatic nitrogens is 2. The van der Waals surface area contributed by atoms with Crippen molar-refractivity contribution in [1.82, 2.24) is 14.9 Å². The summed E-state index contributed by atoms with van der Waals surface area (Å²) >= 11 is 0. The molecular weight excluding hydrogens is 318 g/mol. The summed E-state index contributed by atoms with van der Waals surface area (Å²) in [6.07, 6.45) is 1.61. The molecule has 1 aliphatic heterocycles. The van der Waals surface area contributed by atoms with Crippen molar-refractivity contribution in [3.05, 3.63) is 48.3 Å². The molecule has 1 N–H and O–H groups in total. The number of hydrogen-bond donors (Lipinski definition) is 1. The smallest absolute Gasteiger partial charge is 0.276 e. The zero-order valence-corrected chi connectivity index (χ0v) is 14.4. The van der Waals surface area contributed by atoms with Gasteiger partial charge in [-0.05, 0) is 18.2 Å². The van der Waals surface area contributed by atoms with Crippen molar-refractivity contribution in [3.63, 3.8) is 0 Å². The van der Waals surface area contributed by atoms with E-state index < -0.39 is 0 Å². The van der Waals surface area contributed by atoms with E-state index in [0.717, 1.165) is 45.1 Å². The number of nitrogens with one attached hydrogen (secondary N) is 1. The van der Waals surface area contributed by atoms with Crippen molar-refractivity contribution in [2.75, 3.05) is 56.7 Å². The Morgan fingerprint density at radius 2 is 2.00 bits per heavy atom. The molecule has 0 spiro atoms. The lowest BCUT2D eigenvalue weighted by Gasteiger charge is -2.26. The molecule has 3 rings (SSSR count). The molecule has 1 aliphatic rings. The van der Waals surface area contributed by atoms with E-state index >= 15 is 0 Å². The number of rotatable bonds is 6. The van der Waals surface area contributed by atoms with Crippen LogP contribution in [0.25, 0.3) is 0 Å². The first-order valence-electron chi connectivity index (χ1n) is 8.44. The lowest BCUT2D eigenvalue weighted by Crippen LogP contribution is -2.39. The molecule has 0 aliphatic carbocycles. The highest BCUT2D eigenvalue weighted by atomic mass is 16.5. The van der Waals surface area contributed by atoms with Crippen molar-refractivity contribution in [3.8, 4) is 0 Å². The summed E-state index contributed by atoms with van der Waals surface area (Å²) in [6.45, 7) is 5.09. The van der Waals surface area contributed by atoms with Gasteiger partial charge in [0.15, 0.2) is 0 Å². The molecule has 132 valence electrons. The second kappa shape index (κ2) is 8.55. The Kier molecular flexibility index (Phi) is 5.92. The summed E-state index contributed by atoms with van der Waals surface area (Å²) in [5.74, 6) is 0.311. The second-order valence-corrected chi connectivity index (χ2v) is 5.85. The monoisotopic (exact) mass is 341 g/mol. The van der Waals surface area contributed by atoms with Crippen LogP contribution in [0.1, 0.15) is 10.5 Å². The van der Waals surface area contributed by atoms with E-state index in [-0.39, 0.29) is 5.91 Å². The first-order valence-corrected chi connectivity index (χ1v) is 8.44. The third kappa shape index (κ3) is 4.74. The molecule has 0 radical (unpaired) electrons. The number of ether oxygens (including phenoxy) is 1. The Labute approximate surface area is 147 Å². The number of morpholine rings is 1. The molecule has 1 aromatic carbocycles. The summed E-state index contributed by atoms with van der Waals surface area (Å²) in [5, 5.41) is 3.19. The van der Waals surface area contributed by atoms with Gasteiger partial charge in [-0.15, -0.1) is 0 Å². The van der Waals surface area contributed by atoms with Crippen LogP contribution in [0.15, 0.2) is 42.6 Å². The molecule has 0 saturated carbocycles. The van der Waals surface area contributed by atoms with E-state index in [1.54, 1.807) is 24.2 Å². The zero-order valence-electron chi connectivity index (χ0n) is 14.4. The lowest BCUT2D eigenvalue weighted by atomic mass is 10.2. The normalized spacial score (nSPS) is 14.9. The van der Waals surface area contributed by atoms with Gasteiger partial charge in [0.25, 0.3) is 5.91 Å². The highest BCUT2D eigenvalue weighted by Gasteiger charge is 2.15. The summed E-state index contributed by atoms with van der Waals surface area (Å²) in [5.41, 5.74) is 1.20. The number of amides is 1. The van der Waals surface area contributed by atoms with Gasteiger partial charge in [0.05, 0.1) is 13.2 Å². The van der Waals surface area contributed by atoms with Gasteiger partial charge >= 0.3 is 0 Å². The quantitative estimate of drug-likeness (QED) is 0.859. The number of carbonyl (C=O) groups is 1. The number of hydrogen-bond acceptors (Lipinski definition) is 6. The average Bonchev–Trinajstić information content (AvgIpc) is 2.68. The van der Waals surface area contributed by atoms with Crippen molar-refractivity contribution in [1.29, 1.82) is 0 Å². The van der Waals surface area contributed by atoms with Crippen LogP contribution in [0.2, 0.25) is 0 Å². The van der Waals surface area contributed by atoms with Crippen molar-refractivity contribution in [2.45, 2.75) is 0 Å². The second-order valence-electron chi connectivity index (χ2n) is 5.85. The van der Waals surface area contributed by atoms with Crippen molar-refractivity contribution in [2.24, 2.45) is 0 Å². The number of anilines is 2. The first-order chi connectivity index (χ1) is 12.2. The Hall–Kier alpha value is -2.51. The first kappa shape index (κ1) is 17.3. The molecule has 7 nitrogen and oxygen atoms in total. The summed E-state index contributed by atoms with van der Waals surface area (Å²) in [7, 11) is 1.74. The van der Waals surface area contributed by atoms with Crippen LogP contribution >= 0.6 is 0 Å². The summed E-state index contributed by atoms with van der Waals surface area (Å²) in [6, 6.07) is 11.1. The fourth-order valence-electron chi connectivity index (χ4n) is 2.65. The molecule has 2 heterocycles. The van der Waals surface area contributed by atoms with E-state index in [2.05, 4.69) is 20.2 Å². The zero-order chi connectivity index (χ0) is 17.5. The molecule has 1 fully saturated rings. The van der Waals surface area contributed by atoms with Crippen molar-refractivity contribution >= 4 is 17.5 Å². The summed E-state index contributed by atoms with van der Waals surface area (Å²) < 4.78 is 5.34. The third-order valence-corrected chi connectivity index (χ3v) is 4.14. The maximum absolute atomic E-state index is 12.6. The topological polar surface area (TPSA) is 70.6 Å². The predicted octanol–water partition coefficient (Wildman–Crippen LogP) is 1.50. The minimum Gasteiger partial charge on any atom is -0.379 e. The van der Waals surface area contributed by atoms with Gasteiger partial charge in [0.1, 0.15) is 5.69 Å². The van der Waals surface area contributed by atoms with Crippen LogP contribution < -0.4 is 10.2 Å². The highest BCUT2D eigenvalue weighted by Crippen LogP contribution is 2.14. The number of benzene rings is 1. The van der Waals surface area contributed by atoms with Crippen LogP contribution in [0, 0.1) is 0 Å². The lowest BCUT2D eigenvalue weighted by molar-refractivity contribution is 0.0398. The standard InChI is InChI=1S/C18H23N5O2/c1-22(15-5-3-2-4-6-15)17(24)16-7-8-19-18(21-16)20-9-10-23-11-13-25-14-12-23/h2-8H,9-14H2,1H3,(H,19,20,21). The minimum atomic E-state index is -0.162. The molecule has 1 amide bonds. The largest absolute Gasteiger partial charge is 0.379 e. The Morgan fingerprint density at radius 3 is 2.76 bits per heavy atom. The number of nitrogens with zero attached hydrogens (tertiary/aromatic N) is 4.